The lowest BCUT2D eigenvalue weighted by Gasteiger charge is -2.25. The topological polar surface area (TPSA) is 215 Å². The lowest BCUT2D eigenvalue weighted by atomic mass is 10.0. The first-order chi connectivity index (χ1) is 16.5. The number of nitrogens with zero attached hydrogens (tertiary/aromatic N) is 1. The molecule has 12 nitrogen and oxygen atoms in total. The van der Waals surface area contributed by atoms with Crippen LogP contribution in [0.2, 0.25) is 0 Å². The molecule has 0 fully saturated rings. The van der Waals surface area contributed by atoms with Crippen LogP contribution < -0.4 is 33.2 Å². The van der Waals surface area contributed by atoms with Gasteiger partial charge in [0.25, 0.3) is 0 Å². The number of guanidine groups is 1. The third-order valence-corrected chi connectivity index (χ3v) is 5.02. The first-order valence-corrected chi connectivity index (χ1v) is 11.5. The Hall–Kier alpha value is -3.67. The van der Waals surface area contributed by atoms with Gasteiger partial charge in [-0.25, -0.2) is 4.79 Å². The van der Waals surface area contributed by atoms with Gasteiger partial charge >= 0.3 is 5.97 Å². The fraction of sp³-hybridized carbons (Fsp3) is 0.522. The molecule has 194 valence electrons. The number of aliphatic carboxylic acids is 1. The van der Waals surface area contributed by atoms with Crippen molar-refractivity contribution in [3.05, 3.63) is 35.9 Å². The molecule has 1 aromatic rings. The predicted molar refractivity (Wildman–Crippen MR) is 132 cm³/mol. The van der Waals surface area contributed by atoms with Crippen molar-refractivity contribution in [1.29, 1.82) is 0 Å². The van der Waals surface area contributed by atoms with E-state index in [9.17, 15) is 24.3 Å². The molecule has 0 radical (unpaired) electrons. The molecule has 0 heterocycles. The molecule has 0 aliphatic rings. The average Bonchev–Trinajstić information content (AvgIpc) is 2.79. The maximum atomic E-state index is 13.1. The number of nitrogens with one attached hydrogen (secondary N) is 3. The van der Waals surface area contributed by atoms with E-state index in [1.807, 2.05) is 19.9 Å². The van der Waals surface area contributed by atoms with Gasteiger partial charge < -0.3 is 38.3 Å². The number of aliphatic imine (C=N–C) groups is 1. The number of amides is 3. The second-order valence-corrected chi connectivity index (χ2v) is 8.55. The summed E-state index contributed by atoms with van der Waals surface area (Å²) in [6.07, 6.45) is 0.872. The number of rotatable bonds is 15. The van der Waals surface area contributed by atoms with Crippen LogP contribution >= 0.6 is 0 Å². The van der Waals surface area contributed by atoms with E-state index in [-0.39, 0.29) is 37.8 Å². The normalized spacial score (nSPS) is 13.3. The molecule has 0 aromatic heterocycles. The van der Waals surface area contributed by atoms with Crippen molar-refractivity contribution in [3.8, 4) is 0 Å². The molecule has 12 heteroatoms. The number of carboxylic acids is 1. The van der Waals surface area contributed by atoms with E-state index >= 15 is 0 Å². The fourth-order valence-electron chi connectivity index (χ4n) is 3.32. The quantitative estimate of drug-likeness (QED) is 0.0898. The molecule has 0 aliphatic heterocycles. The zero-order chi connectivity index (χ0) is 26.4. The molecular weight excluding hydrogens is 454 g/mol. The fourth-order valence-corrected chi connectivity index (χ4v) is 3.32. The smallest absolute Gasteiger partial charge is 0.326 e. The number of benzene rings is 1. The van der Waals surface area contributed by atoms with E-state index in [0.29, 0.717) is 12.8 Å². The highest BCUT2D eigenvalue weighted by atomic mass is 16.4. The zero-order valence-corrected chi connectivity index (χ0v) is 20.2. The minimum absolute atomic E-state index is 0.0758. The number of nitrogens with two attached hydrogens (primary N) is 3. The van der Waals surface area contributed by atoms with E-state index in [0.717, 1.165) is 5.56 Å². The van der Waals surface area contributed by atoms with Gasteiger partial charge in [-0.2, -0.15) is 0 Å². The molecule has 3 unspecified atom stereocenters. The molecule has 1 rings (SSSR count). The van der Waals surface area contributed by atoms with Crippen molar-refractivity contribution in [2.45, 2.75) is 57.7 Å². The van der Waals surface area contributed by atoms with Crippen molar-refractivity contribution in [1.82, 2.24) is 16.0 Å². The Morgan fingerprint density at radius 1 is 0.943 bits per heavy atom. The van der Waals surface area contributed by atoms with Gasteiger partial charge in [0.1, 0.15) is 18.1 Å². The van der Waals surface area contributed by atoms with E-state index < -0.39 is 41.8 Å². The Morgan fingerprint density at radius 2 is 1.54 bits per heavy atom. The highest BCUT2D eigenvalue weighted by Gasteiger charge is 2.29. The van der Waals surface area contributed by atoms with E-state index in [4.69, 9.17) is 17.2 Å². The summed E-state index contributed by atoms with van der Waals surface area (Å²) < 4.78 is 0. The van der Waals surface area contributed by atoms with Crippen LogP contribution in [-0.4, -0.2) is 66.0 Å². The van der Waals surface area contributed by atoms with Crippen LogP contribution in [0.4, 0.5) is 0 Å². The lowest BCUT2D eigenvalue weighted by molar-refractivity contribution is -0.142. The minimum Gasteiger partial charge on any atom is -0.480 e. The molecule has 3 amide bonds. The summed E-state index contributed by atoms with van der Waals surface area (Å²) in [6, 6.07) is 5.81. The first-order valence-electron chi connectivity index (χ1n) is 11.5. The largest absolute Gasteiger partial charge is 0.480 e. The Labute approximate surface area is 205 Å². The van der Waals surface area contributed by atoms with Crippen LogP contribution in [0.15, 0.2) is 35.3 Å². The molecule has 0 aliphatic carbocycles. The van der Waals surface area contributed by atoms with Gasteiger partial charge in [0.05, 0.1) is 6.54 Å². The maximum absolute atomic E-state index is 13.1. The SMILES string of the molecule is CC(C)CC(NC(=O)CN)C(=O)NC(Cc1ccccc1)C(=O)NC(CCCN=C(N)N)C(=O)O. The van der Waals surface area contributed by atoms with Gasteiger partial charge in [0.15, 0.2) is 5.96 Å². The van der Waals surface area contributed by atoms with Gasteiger partial charge in [-0.3, -0.25) is 19.4 Å². The standard InChI is InChI=1S/C23H37N7O5/c1-14(2)11-17(28-19(31)13-24)20(32)30-18(12-15-7-4-3-5-8-15)21(33)29-16(22(34)35)9-6-10-27-23(25)26/h3-5,7-8,14,16-18H,6,9-13,24H2,1-2H3,(H,28,31)(H,29,33)(H,30,32)(H,34,35)(H4,25,26,27). The molecule has 1 aromatic carbocycles. The van der Waals surface area contributed by atoms with E-state index in [2.05, 4.69) is 20.9 Å². The summed E-state index contributed by atoms with van der Waals surface area (Å²) in [5.74, 6) is -2.97. The molecule has 0 spiro atoms. The van der Waals surface area contributed by atoms with Crippen LogP contribution in [0.1, 0.15) is 38.7 Å². The van der Waals surface area contributed by atoms with Crippen LogP contribution in [0, 0.1) is 5.92 Å². The van der Waals surface area contributed by atoms with Crippen molar-refractivity contribution in [2.24, 2.45) is 28.1 Å². The summed E-state index contributed by atoms with van der Waals surface area (Å²) in [5.41, 5.74) is 16.7. The summed E-state index contributed by atoms with van der Waals surface area (Å²) in [5, 5.41) is 17.3. The van der Waals surface area contributed by atoms with Crippen molar-refractivity contribution < 1.29 is 24.3 Å². The second-order valence-electron chi connectivity index (χ2n) is 8.55. The van der Waals surface area contributed by atoms with Gasteiger partial charge in [0.2, 0.25) is 17.7 Å². The van der Waals surface area contributed by atoms with E-state index in [1.54, 1.807) is 24.3 Å². The van der Waals surface area contributed by atoms with Crippen molar-refractivity contribution >= 4 is 29.7 Å². The molecule has 0 saturated heterocycles. The first kappa shape index (κ1) is 29.4. The van der Waals surface area contributed by atoms with Crippen LogP contribution in [0.5, 0.6) is 0 Å². The zero-order valence-electron chi connectivity index (χ0n) is 20.2. The molecule has 10 N–H and O–H groups in total. The number of hydrogen-bond acceptors (Lipinski definition) is 6. The van der Waals surface area contributed by atoms with Crippen LogP contribution in [0.25, 0.3) is 0 Å². The minimum atomic E-state index is -1.22. The van der Waals surface area contributed by atoms with Gasteiger partial charge in [0, 0.05) is 13.0 Å². The van der Waals surface area contributed by atoms with Gasteiger partial charge in [-0.15, -0.1) is 0 Å². The third kappa shape index (κ3) is 11.8. The average molecular weight is 492 g/mol. The third-order valence-electron chi connectivity index (χ3n) is 5.02. The summed E-state index contributed by atoms with van der Waals surface area (Å²) in [7, 11) is 0. The maximum Gasteiger partial charge on any atom is 0.326 e. The molecule has 0 saturated carbocycles. The predicted octanol–water partition coefficient (Wildman–Crippen LogP) is -1.17. The summed E-state index contributed by atoms with van der Waals surface area (Å²) in [4.78, 5) is 53.5. The van der Waals surface area contributed by atoms with E-state index in [1.165, 1.54) is 0 Å². The lowest BCUT2D eigenvalue weighted by Crippen LogP contribution is -2.57. The monoisotopic (exact) mass is 491 g/mol. The number of hydrogen-bond donors (Lipinski definition) is 7. The van der Waals surface area contributed by atoms with Gasteiger partial charge in [-0.1, -0.05) is 44.2 Å². The number of carbonyl (C=O) groups excluding carboxylic acids is 3. The molecule has 3 atom stereocenters. The number of carboxylic acid groups (broad SMARTS) is 1. The highest BCUT2D eigenvalue weighted by molar-refractivity contribution is 5.93. The Morgan fingerprint density at radius 3 is 2.09 bits per heavy atom. The Kier molecular flexibility index (Phi) is 12.8. The van der Waals surface area contributed by atoms with Crippen LogP contribution in [0.3, 0.4) is 0 Å². The van der Waals surface area contributed by atoms with Crippen LogP contribution in [-0.2, 0) is 25.6 Å². The Bertz CT molecular complexity index is 872. The van der Waals surface area contributed by atoms with Crippen molar-refractivity contribution in [2.75, 3.05) is 13.1 Å². The Balaban J connectivity index is 3.03. The number of carbonyl (C=O) groups is 4. The molecule has 0 bridgehead atoms. The second kappa shape index (κ2) is 15.3. The highest BCUT2D eigenvalue weighted by Crippen LogP contribution is 2.09. The summed E-state index contributed by atoms with van der Waals surface area (Å²) in [6.45, 7) is 3.71. The summed E-state index contributed by atoms with van der Waals surface area (Å²) >= 11 is 0. The molecular formula is C23H37N7O5. The molecule has 35 heavy (non-hydrogen) atoms. The van der Waals surface area contributed by atoms with Gasteiger partial charge in [-0.05, 0) is 30.7 Å². The van der Waals surface area contributed by atoms with Crippen molar-refractivity contribution in [3.63, 3.8) is 0 Å².